The van der Waals surface area contributed by atoms with Gasteiger partial charge in [-0.2, -0.15) is 0 Å². The number of aryl methyl sites for hydroxylation is 1. The van der Waals surface area contributed by atoms with Gasteiger partial charge in [-0.05, 0) is 50.7 Å². The van der Waals surface area contributed by atoms with E-state index in [0.29, 0.717) is 19.3 Å². The van der Waals surface area contributed by atoms with E-state index < -0.39 is 9.84 Å². The molecule has 1 rings (SSSR count). The van der Waals surface area contributed by atoms with Crippen LogP contribution in [0.4, 0.5) is 0 Å². The van der Waals surface area contributed by atoms with Crippen LogP contribution in [-0.2, 0) is 27.5 Å². The zero-order valence-corrected chi connectivity index (χ0v) is 16.2. The van der Waals surface area contributed by atoms with Gasteiger partial charge in [0, 0.05) is 12.8 Å². The lowest BCUT2D eigenvalue weighted by atomic mass is 10.0. The van der Waals surface area contributed by atoms with Crippen LogP contribution in [-0.4, -0.2) is 25.2 Å². The van der Waals surface area contributed by atoms with E-state index in [9.17, 15) is 13.2 Å². The van der Waals surface area contributed by atoms with Crippen molar-refractivity contribution >= 4 is 15.6 Å². The number of unbranched alkanes of at least 4 members (excludes halogenated alkanes) is 3. The standard InChI is InChI=1S/C20H32O3S/c1-4-5-9-18-11-13-19(14-12-18)16-20(21)10-7-6-8-15-24(22,23)17(2)3/h11-14,17H,4-10,15-16H2,1-3H3. The first-order valence-corrected chi connectivity index (χ1v) is 10.9. The minimum absolute atomic E-state index is 0.234. The van der Waals surface area contributed by atoms with Crippen molar-refractivity contribution in [2.75, 3.05) is 5.75 Å². The van der Waals surface area contributed by atoms with Gasteiger partial charge in [0.15, 0.2) is 9.84 Å². The molecule has 3 nitrogen and oxygen atoms in total. The molecule has 1 aromatic carbocycles. The van der Waals surface area contributed by atoms with Crippen LogP contribution >= 0.6 is 0 Å². The highest BCUT2D eigenvalue weighted by Gasteiger charge is 2.15. The van der Waals surface area contributed by atoms with Crippen LogP contribution in [0.1, 0.15) is 70.4 Å². The number of hydrogen-bond acceptors (Lipinski definition) is 3. The quantitative estimate of drug-likeness (QED) is 0.520. The molecule has 0 amide bonds. The minimum Gasteiger partial charge on any atom is -0.299 e. The van der Waals surface area contributed by atoms with Gasteiger partial charge in [-0.3, -0.25) is 4.79 Å². The highest BCUT2D eigenvalue weighted by Crippen LogP contribution is 2.11. The zero-order valence-electron chi connectivity index (χ0n) is 15.4. The van der Waals surface area contributed by atoms with E-state index in [1.54, 1.807) is 13.8 Å². The van der Waals surface area contributed by atoms with Gasteiger partial charge in [0.05, 0.1) is 11.0 Å². The van der Waals surface area contributed by atoms with Crippen LogP contribution < -0.4 is 0 Å². The maximum atomic E-state index is 12.0. The molecule has 1 aromatic rings. The van der Waals surface area contributed by atoms with Crippen LogP contribution in [0.25, 0.3) is 0 Å². The molecule has 0 unspecified atom stereocenters. The molecule has 0 fully saturated rings. The summed E-state index contributed by atoms with van der Waals surface area (Å²) in [6, 6.07) is 8.35. The van der Waals surface area contributed by atoms with E-state index in [1.165, 1.54) is 18.4 Å². The number of ketones is 1. The van der Waals surface area contributed by atoms with Crippen molar-refractivity contribution in [1.29, 1.82) is 0 Å². The lowest BCUT2D eigenvalue weighted by Crippen LogP contribution is -2.17. The largest absolute Gasteiger partial charge is 0.299 e. The average molecular weight is 353 g/mol. The van der Waals surface area contributed by atoms with Gasteiger partial charge in [-0.1, -0.05) is 44.0 Å². The van der Waals surface area contributed by atoms with Gasteiger partial charge in [0.1, 0.15) is 5.78 Å². The number of sulfone groups is 1. The molecule has 0 aliphatic heterocycles. The molecule has 4 heteroatoms. The fourth-order valence-electron chi connectivity index (χ4n) is 2.56. The molecule has 0 aliphatic rings. The summed E-state index contributed by atoms with van der Waals surface area (Å²) >= 11 is 0. The maximum Gasteiger partial charge on any atom is 0.152 e. The predicted molar refractivity (Wildman–Crippen MR) is 101 cm³/mol. The zero-order chi connectivity index (χ0) is 18.0. The van der Waals surface area contributed by atoms with Gasteiger partial charge in [0.2, 0.25) is 0 Å². The maximum absolute atomic E-state index is 12.0. The second-order valence-electron chi connectivity index (χ2n) is 6.86. The molecule has 0 atom stereocenters. The normalized spacial score (nSPS) is 11.8. The number of benzene rings is 1. The topological polar surface area (TPSA) is 51.2 Å². The molecule has 24 heavy (non-hydrogen) atoms. The Morgan fingerprint density at radius 1 is 0.958 bits per heavy atom. The molecule has 0 saturated heterocycles. The second kappa shape index (κ2) is 10.7. The summed E-state index contributed by atoms with van der Waals surface area (Å²) in [5.41, 5.74) is 2.40. The third kappa shape index (κ3) is 8.09. The Labute approximate surface area is 147 Å². The number of hydrogen-bond donors (Lipinski definition) is 0. The third-order valence-corrected chi connectivity index (χ3v) is 6.64. The first-order chi connectivity index (χ1) is 11.3. The molecule has 0 aromatic heterocycles. The Morgan fingerprint density at radius 3 is 2.17 bits per heavy atom. The van der Waals surface area contributed by atoms with Crippen LogP contribution in [0.5, 0.6) is 0 Å². The molecular weight excluding hydrogens is 320 g/mol. The molecule has 0 heterocycles. The SMILES string of the molecule is CCCCc1ccc(CC(=O)CCCCCS(=O)(=O)C(C)C)cc1. The summed E-state index contributed by atoms with van der Waals surface area (Å²) in [5.74, 6) is 0.473. The number of Topliss-reactive ketones (excluding diaryl/α,β-unsaturated/α-hetero) is 1. The van der Waals surface area contributed by atoms with E-state index in [2.05, 4.69) is 31.2 Å². The Hall–Kier alpha value is -1.16. The number of carbonyl (C=O) groups is 1. The smallest absolute Gasteiger partial charge is 0.152 e. The Morgan fingerprint density at radius 2 is 1.58 bits per heavy atom. The van der Waals surface area contributed by atoms with Crippen LogP contribution in [0.3, 0.4) is 0 Å². The summed E-state index contributed by atoms with van der Waals surface area (Å²) in [4.78, 5) is 12.0. The van der Waals surface area contributed by atoms with Crippen molar-refractivity contribution in [3.05, 3.63) is 35.4 Å². The Kier molecular flexibility index (Phi) is 9.27. The molecule has 136 valence electrons. The van der Waals surface area contributed by atoms with E-state index >= 15 is 0 Å². The summed E-state index contributed by atoms with van der Waals surface area (Å²) in [6.45, 7) is 5.62. The van der Waals surface area contributed by atoms with Crippen molar-refractivity contribution in [1.82, 2.24) is 0 Å². The van der Waals surface area contributed by atoms with Crippen molar-refractivity contribution in [3.8, 4) is 0 Å². The molecule has 0 bridgehead atoms. The van der Waals surface area contributed by atoms with Crippen molar-refractivity contribution < 1.29 is 13.2 Å². The number of rotatable bonds is 12. The van der Waals surface area contributed by atoms with E-state index in [4.69, 9.17) is 0 Å². The minimum atomic E-state index is -2.94. The molecule has 0 saturated carbocycles. The fraction of sp³-hybridized carbons (Fsp3) is 0.650. The monoisotopic (exact) mass is 352 g/mol. The molecule has 0 N–H and O–H groups in total. The Balaban J connectivity index is 2.24. The highest BCUT2D eigenvalue weighted by molar-refractivity contribution is 7.91. The lowest BCUT2D eigenvalue weighted by Gasteiger charge is -2.07. The average Bonchev–Trinajstić information content (AvgIpc) is 2.53. The van der Waals surface area contributed by atoms with Crippen LogP contribution in [0.2, 0.25) is 0 Å². The second-order valence-corrected chi connectivity index (χ2v) is 9.54. The van der Waals surface area contributed by atoms with Gasteiger partial charge in [0.25, 0.3) is 0 Å². The summed E-state index contributed by atoms with van der Waals surface area (Å²) < 4.78 is 23.4. The van der Waals surface area contributed by atoms with E-state index in [-0.39, 0.29) is 16.8 Å². The first-order valence-electron chi connectivity index (χ1n) is 9.16. The molecule has 0 radical (unpaired) electrons. The van der Waals surface area contributed by atoms with Crippen LogP contribution in [0.15, 0.2) is 24.3 Å². The van der Waals surface area contributed by atoms with Crippen molar-refractivity contribution in [2.24, 2.45) is 0 Å². The van der Waals surface area contributed by atoms with Gasteiger partial charge < -0.3 is 0 Å². The molecular formula is C20H32O3S. The van der Waals surface area contributed by atoms with E-state index in [0.717, 1.165) is 24.8 Å². The Bertz CT molecular complexity index is 586. The molecule has 0 aliphatic carbocycles. The molecule has 0 spiro atoms. The highest BCUT2D eigenvalue weighted by atomic mass is 32.2. The van der Waals surface area contributed by atoms with Gasteiger partial charge in [-0.25, -0.2) is 8.42 Å². The lowest BCUT2D eigenvalue weighted by molar-refractivity contribution is -0.118. The fourth-order valence-corrected chi connectivity index (χ4v) is 3.64. The van der Waals surface area contributed by atoms with Crippen LogP contribution in [0, 0.1) is 0 Å². The number of carbonyl (C=O) groups excluding carboxylic acids is 1. The van der Waals surface area contributed by atoms with Gasteiger partial charge in [-0.15, -0.1) is 0 Å². The first kappa shape index (κ1) is 20.9. The van der Waals surface area contributed by atoms with Crippen molar-refractivity contribution in [3.63, 3.8) is 0 Å². The predicted octanol–water partition coefficient (Wildman–Crippen LogP) is 4.52. The van der Waals surface area contributed by atoms with E-state index in [1.807, 2.05) is 0 Å². The van der Waals surface area contributed by atoms with Crippen molar-refractivity contribution in [2.45, 2.75) is 77.4 Å². The third-order valence-electron chi connectivity index (χ3n) is 4.35. The summed E-state index contributed by atoms with van der Waals surface area (Å²) in [7, 11) is -2.94. The summed E-state index contributed by atoms with van der Waals surface area (Å²) in [6.07, 6.45) is 6.75. The van der Waals surface area contributed by atoms with Gasteiger partial charge >= 0.3 is 0 Å². The summed E-state index contributed by atoms with van der Waals surface area (Å²) in [5, 5.41) is -0.306.